The highest BCUT2D eigenvalue weighted by molar-refractivity contribution is 6.04. The average molecular weight is 489 g/mol. The summed E-state index contributed by atoms with van der Waals surface area (Å²) in [5.74, 6) is -2.30. The minimum Gasteiger partial charge on any atom is -0.477 e. The second-order valence-electron chi connectivity index (χ2n) is 9.76. The lowest BCUT2D eigenvalue weighted by Gasteiger charge is -2.32. The lowest BCUT2D eigenvalue weighted by atomic mass is 9.72. The van der Waals surface area contributed by atoms with E-state index in [2.05, 4.69) is 32.9 Å². The van der Waals surface area contributed by atoms with Crippen molar-refractivity contribution in [2.24, 2.45) is 5.41 Å². The number of ether oxygens (including phenoxy) is 1. The van der Waals surface area contributed by atoms with E-state index in [-0.39, 0.29) is 22.3 Å². The van der Waals surface area contributed by atoms with Crippen LogP contribution < -0.4 is 10.4 Å². The van der Waals surface area contributed by atoms with Crippen LogP contribution in [0.5, 0.6) is 5.75 Å². The van der Waals surface area contributed by atoms with Crippen LogP contribution in [0.25, 0.3) is 11.0 Å². The van der Waals surface area contributed by atoms with E-state index in [1.54, 1.807) is 13.0 Å². The number of carbonyl (C=O) groups is 2. The number of carboxylic acid groups (broad SMARTS) is 1. The molecule has 1 aliphatic rings. The first-order valence-corrected chi connectivity index (χ1v) is 11.9. The number of allylic oxidation sites excluding steroid dienone is 9. The van der Waals surface area contributed by atoms with Gasteiger partial charge in [-0.3, -0.25) is 0 Å². The molecular weight excluding hydrogens is 456 g/mol. The lowest BCUT2D eigenvalue weighted by molar-refractivity contribution is -0.129. The standard InChI is InChI=1S/C30H32O6/c1-19(11-14-23-21(3)10-7-17-30(23,4)5)8-6-9-20(2)18-26(32)35-24-15-12-22-13-16-25(31)36-28(22)27(24)29(33)34/h6,8-9,11-16,18H,7,10,17H2,1-5H3,(H,33,34). The normalized spacial score (nSPS) is 16.8. The molecule has 2 aromatic rings. The second kappa shape index (κ2) is 11.2. The van der Waals surface area contributed by atoms with Crippen LogP contribution in [-0.4, -0.2) is 17.0 Å². The molecule has 1 aromatic carbocycles. The summed E-state index contributed by atoms with van der Waals surface area (Å²) >= 11 is 0. The molecule has 1 aromatic heterocycles. The topological polar surface area (TPSA) is 93.8 Å². The molecule has 0 amide bonds. The van der Waals surface area contributed by atoms with Crippen LogP contribution in [0.3, 0.4) is 0 Å². The van der Waals surface area contributed by atoms with Crippen molar-refractivity contribution < 1.29 is 23.8 Å². The van der Waals surface area contributed by atoms with Crippen LogP contribution in [0, 0.1) is 5.41 Å². The number of hydrogen-bond acceptors (Lipinski definition) is 5. The molecule has 1 heterocycles. The molecular formula is C30H32O6. The zero-order valence-corrected chi connectivity index (χ0v) is 21.4. The van der Waals surface area contributed by atoms with Gasteiger partial charge in [0.15, 0.2) is 5.58 Å². The number of carboxylic acids is 1. The molecule has 0 saturated carbocycles. The number of benzene rings is 1. The van der Waals surface area contributed by atoms with Crippen molar-refractivity contribution in [3.8, 4) is 5.75 Å². The van der Waals surface area contributed by atoms with Gasteiger partial charge in [0.1, 0.15) is 11.3 Å². The quantitative estimate of drug-likeness (QED) is 0.149. The summed E-state index contributed by atoms with van der Waals surface area (Å²) in [5.41, 5.74) is 3.53. The van der Waals surface area contributed by atoms with Gasteiger partial charge >= 0.3 is 17.6 Å². The van der Waals surface area contributed by atoms with E-state index < -0.39 is 17.6 Å². The molecule has 36 heavy (non-hydrogen) atoms. The molecule has 0 radical (unpaired) electrons. The van der Waals surface area contributed by atoms with Gasteiger partial charge < -0.3 is 14.3 Å². The Morgan fingerprint density at radius 2 is 1.81 bits per heavy atom. The van der Waals surface area contributed by atoms with Gasteiger partial charge in [0.05, 0.1) is 0 Å². The summed E-state index contributed by atoms with van der Waals surface area (Å²) in [6, 6.07) is 5.54. The zero-order valence-electron chi connectivity index (χ0n) is 21.4. The minimum absolute atomic E-state index is 0.142. The van der Waals surface area contributed by atoms with E-state index in [0.29, 0.717) is 11.0 Å². The van der Waals surface area contributed by atoms with Crippen LogP contribution >= 0.6 is 0 Å². The van der Waals surface area contributed by atoms with E-state index in [1.165, 1.54) is 54.3 Å². The summed E-state index contributed by atoms with van der Waals surface area (Å²) in [6.45, 7) is 10.5. The summed E-state index contributed by atoms with van der Waals surface area (Å²) in [5, 5.41) is 10.0. The fourth-order valence-electron chi connectivity index (χ4n) is 4.41. The van der Waals surface area contributed by atoms with Gasteiger partial charge in [0.25, 0.3) is 0 Å². The Kier molecular flexibility index (Phi) is 8.30. The Labute approximate surface area is 211 Å². The molecule has 0 saturated heterocycles. The Balaban J connectivity index is 1.71. The Hall–Kier alpha value is -3.93. The number of aromatic carboxylic acids is 1. The monoisotopic (exact) mass is 488 g/mol. The molecule has 0 fully saturated rings. The van der Waals surface area contributed by atoms with E-state index >= 15 is 0 Å². The maximum atomic E-state index is 12.4. The van der Waals surface area contributed by atoms with E-state index in [9.17, 15) is 19.5 Å². The minimum atomic E-state index is -1.37. The zero-order chi connectivity index (χ0) is 26.5. The third kappa shape index (κ3) is 6.60. The lowest BCUT2D eigenvalue weighted by Crippen LogP contribution is -2.19. The smallest absolute Gasteiger partial charge is 0.343 e. The molecule has 0 spiro atoms. The molecule has 188 valence electrons. The van der Waals surface area contributed by atoms with Gasteiger partial charge in [-0.25, -0.2) is 14.4 Å². The summed E-state index contributed by atoms with van der Waals surface area (Å²) in [7, 11) is 0. The first kappa shape index (κ1) is 26.7. The van der Waals surface area contributed by atoms with Gasteiger partial charge in [-0.15, -0.1) is 0 Å². The average Bonchev–Trinajstić information content (AvgIpc) is 2.77. The van der Waals surface area contributed by atoms with Gasteiger partial charge in [-0.1, -0.05) is 55.4 Å². The van der Waals surface area contributed by atoms with Crippen LogP contribution in [0.1, 0.15) is 64.2 Å². The fourth-order valence-corrected chi connectivity index (χ4v) is 4.41. The third-order valence-electron chi connectivity index (χ3n) is 6.30. The number of rotatable bonds is 7. The van der Waals surface area contributed by atoms with Crippen LogP contribution in [0.4, 0.5) is 0 Å². The molecule has 6 heteroatoms. The Bertz CT molecular complexity index is 1390. The van der Waals surface area contributed by atoms with E-state index in [1.807, 2.05) is 19.1 Å². The van der Waals surface area contributed by atoms with Gasteiger partial charge in [0.2, 0.25) is 0 Å². The van der Waals surface area contributed by atoms with Crippen LogP contribution in [0.2, 0.25) is 0 Å². The Morgan fingerprint density at radius 3 is 2.50 bits per heavy atom. The van der Waals surface area contributed by atoms with Crippen molar-refractivity contribution in [2.45, 2.75) is 53.9 Å². The molecule has 1 aliphatic carbocycles. The predicted molar refractivity (Wildman–Crippen MR) is 141 cm³/mol. The fraction of sp³-hybridized carbons (Fsp3) is 0.300. The number of fused-ring (bicyclic) bond motifs is 1. The summed E-state index contributed by atoms with van der Waals surface area (Å²) < 4.78 is 10.3. The maximum Gasteiger partial charge on any atom is 0.343 e. The summed E-state index contributed by atoms with van der Waals surface area (Å²) in [6.07, 6.45) is 14.7. The van der Waals surface area contributed by atoms with Crippen molar-refractivity contribution in [1.29, 1.82) is 0 Å². The molecule has 0 aliphatic heterocycles. The molecule has 1 N–H and O–H groups in total. The largest absolute Gasteiger partial charge is 0.477 e. The van der Waals surface area contributed by atoms with Crippen molar-refractivity contribution in [3.63, 3.8) is 0 Å². The number of esters is 1. The maximum absolute atomic E-state index is 12.4. The predicted octanol–water partition coefficient (Wildman–Crippen LogP) is 6.93. The first-order valence-electron chi connectivity index (χ1n) is 11.9. The van der Waals surface area contributed by atoms with Crippen molar-refractivity contribution >= 4 is 22.9 Å². The SMILES string of the molecule is CC(C=CC1=C(C)CCCC1(C)C)=CC=CC(C)=CC(=O)Oc1ccc2ccc(=O)oc2c1C(=O)O. The van der Waals surface area contributed by atoms with Gasteiger partial charge in [0, 0.05) is 17.5 Å². The molecule has 6 nitrogen and oxygen atoms in total. The number of carbonyl (C=O) groups excluding carboxylic acids is 1. The number of hydrogen-bond donors (Lipinski definition) is 1. The van der Waals surface area contributed by atoms with E-state index in [4.69, 9.17) is 9.15 Å². The van der Waals surface area contributed by atoms with Crippen molar-refractivity contribution in [3.05, 3.63) is 99.0 Å². The van der Waals surface area contributed by atoms with Crippen molar-refractivity contribution in [2.75, 3.05) is 0 Å². The highest BCUT2D eigenvalue weighted by Crippen LogP contribution is 2.40. The molecule has 0 unspecified atom stereocenters. The highest BCUT2D eigenvalue weighted by atomic mass is 16.5. The first-order chi connectivity index (χ1) is 17.0. The highest BCUT2D eigenvalue weighted by Gasteiger charge is 2.26. The molecule has 0 atom stereocenters. The van der Waals surface area contributed by atoms with Crippen LogP contribution in [0.15, 0.2) is 92.2 Å². The Morgan fingerprint density at radius 1 is 1.08 bits per heavy atom. The molecule has 3 rings (SSSR count). The summed E-state index contributed by atoms with van der Waals surface area (Å²) in [4.78, 5) is 35.7. The third-order valence-corrected chi connectivity index (χ3v) is 6.30. The molecule has 0 bridgehead atoms. The van der Waals surface area contributed by atoms with Crippen molar-refractivity contribution in [1.82, 2.24) is 0 Å². The van der Waals surface area contributed by atoms with Gasteiger partial charge in [-0.05, 0) is 74.8 Å². The van der Waals surface area contributed by atoms with Crippen LogP contribution in [-0.2, 0) is 4.79 Å². The van der Waals surface area contributed by atoms with E-state index in [0.717, 1.165) is 12.0 Å². The van der Waals surface area contributed by atoms with Gasteiger partial charge in [-0.2, -0.15) is 0 Å². The second-order valence-corrected chi connectivity index (χ2v) is 9.76.